The van der Waals surface area contributed by atoms with Crippen LogP contribution in [0.25, 0.3) is 0 Å². The Morgan fingerprint density at radius 2 is 2.00 bits per heavy atom. The highest BCUT2D eigenvalue weighted by Gasteiger charge is 2.43. The molecule has 0 heterocycles. The molecule has 0 aromatic heterocycles. The first kappa shape index (κ1) is 15.8. The van der Waals surface area contributed by atoms with Crippen LogP contribution in [0.1, 0.15) is 31.7 Å². The zero-order valence-electron chi connectivity index (χ0n) is 11.5. The molecule has 1 saturated carbocycles. The molecule has 1 unspecified atom stereocenters. The number of nitrogens with two attached hydrogens (primary N) is 1. The Kier molecular flexibility index (Phi) is 5.11. The van der Waals surface area contributed by atoms with Crippen molar-refractivity contribution in [2.24, 2.45) is 11.1 Å². The van der Waals surface area contributed by atoms with Crippen LogP contribution in [0.3, 0.4) is 0 Å². The summed E-state index contributed by atoms with van der Waals surface area (Å²) in [5.74, 6) is 0.808. The fourth-order valence-corrected chi connectivity index (χ4v) is 3.69. The molecule has 1 atom stereocenters. The summed E-state index contributed by atoms with van der Waals surface area (Å²) in [5.41, 5.74) is 7.08. The van der Waals surface area contributed by atoms with Crippen molar-refractivity contribution < 1.29 is 4.74 Å². The predicted molar refractivity (Wildman–Crippen MR) is 86.6 cm³/mol. The van der Waals surface area contributed by atoms with Crippen molar-refractivity contribution in [3.8, 4) is 11.8 Å². The third kappa shape index (κ3) is 3.97. The van der Waals surface area contributed by atoms with Gasteiger partial charge in [-0.25, -0.2) is 0 Å². The Balaban J connectivity index is 2.07. The number of ether oxygens (including phenoxy) is 1. The zero-order chi connectivity index (χ0) is 14.8. The number of halogens is 2. The Labute approximate surface area is 136 Å². The normalized spacial score (nSPS) is 17.4. The molecule has 0 spiro atoms. The molecular formula is C15H18Br2N2O. The van der Waals surface area contributed by atoms with E-state index in [0.717, 1.165) is 34.0 Å². The van der Waals surface area contributed by atoms with E-state index in [0.29, 0.717) is 13.0 Å². The lowest BCUT2D eigenvalue weighted by Gasteiger charge is -2.16. The number of nitrogens with zero attached hydrogens (tertiary/aromatic N) is 1. The van der Waals surface area contributed by atoms with E-state index < -0.39 is 0 Å². The van der Waals surface area contributed by atoms with E-state index in [-0.39, 0.29) is 11.5 Å². The van der Waals surface area contributed by atoms with Crippen LogP contribution < -0.4 is 10.5 Å². The van der Waals surface area contributed by atoms with Crippen molar-refractivity contribution in [1.82, 2.24) is 0 Å². The molecule has 3 nitrogen and oxygen atoms in total. The first-order valence-electron chi connectivity index (χ1n) is 6.69. The second kappa shape index (κ2) is 6.46. The lowest BCUT2D eigenvalue weighted by molar-refractivity contribution is 0.234. The fraction of sp³-hybridized carbons (Fsp3) is 0.533. The third-order valence-electron chi connectivity index (χ3n) is 3.55. The Bertz CT molecular complexity index is 510. The van der Waals surface area contributed by atoms with Crippen LogP contribution in [-0.4, -0.2) is 12.6 Å². The van der Waals surface area contributed by atoms with Gasteiger partial charge in [0.05, 0.1) is 21.6 Å². The van der Waals surface area contributed by atoms with Crippen LogP contribution in [0.4, 0.5) is 0 Å². The van der Waals surface area contributed by atoms with Crippen LogP contribution in [0, 0.1) is 16.7 Å². The van der Waals surface area contributed by atoms with Gasteiger partial charge in [-0.05, 0) is 75.7 Å². The van der Waals surface area contributed by atoms with Crippen LogP contribution in [0.2, 0.25) is 0 Å². The van der Waals surface area contributed by atoms with Crippen molar-refractivity contribution in [2.75, 3.05) is 6.61 Å². The molecule has 1 aromatic rings. The summed E-state index contributed by atoms with van der Waals surface area (Å²) in [7, 11) is 0. The van der Waals surface area contributed by atoms with Gasteiger partial charge in [-0.1, -0.05) is 0 Å². The molecule has 2 N–H and O–H groups in total. The van der Waals surface area contributed by atoms with Gasteiger partial charge in [0.25, 0.3) is 0 Å². The van der Waals surface area contributed by atoms with Crippen molar-refractivity contribution in [3.63, 3.8) is 0 Å². The van der Waals surface area contributed by atoms with Gasteiger partial charge in [-0.15, -0.1) is 0 Å². The Hall–Kier alpha value is -0.570. The highest BCUT2D eigenvalue weighted by molar-refractivity contribution is 9.11. The van der Waals surface area contributed by atoms with Crippen LogP contribution in [-0.2, 0) is 6.42 Å². The molecular weight excluding hydrogens is 384 g/mol. The highest BCUT2D eigenvalue weighted by atomic mass is 79.9. The number of nitriles is 1. The summed E-state index contributed by atoms with van der Waals surface area (Å²) in [6, 6.07) is 6.48. The highest BCUT2D eigenvalue weighted by Crippen LogP contribution is 2.49. The summed E-state index contributed by atoms with van der Waals surface area (Å²) in [6.07, 6.45) is 3.57. The van der Waals surface area contributed by atoms with Crippen LogP contribution in [0.5, 0.6) is 5.75 Å². The van der Waals surface area contributed by atoms with E-state index in [2.05, 4.69) is 37.9 Å². The molecule has 5 heteroatoms. The minimum atomic E-state index is 0.0814. The molecule has 1 aliphatic rings. The quantitative estimate of drug-likeness (QED) is 0.777. The summed E-state index contributed by atoms with van der Waals surface area (Å²) in [6.45, 7) is 2.59. The summed E-state index contributed by atoms with van der Waals surface area (Å²) in [4.78, 5) is 0. The zero-order valence-corrected chi connectivity index (χ0v) is 14.6. The molecule has 1 aromatic carbocycles. The predicted octanol–water partition coefficient (Wildman–Crippen LogP) is 4.17. The number of rotatable bonds is 6. The molecule has 108 valence electrons. The molecule has 0 amide bonds. The van der Waals surface area contributed by atoms with E-state index in [9.17, 15) is 0 Å². The van der Waals surface area contributed by atoms with Gasteiger partial charge in [0.15, 0.2) is 0 Å². The van der Waals surface area contributed by atoms with E-state index >= 15 is 0 Å². The summed E-state index contributed by atoms with van der Waals surface area (Å²) >= 11 is 7.11. The largest absolute Gasteiger partial charge is 0.491 e. The van der Waals surface area contributed by atoms with Gasteiger partial charge >= 0.3 is 0 Å². The standard InChI is InChI=1S/C15H18Br2N2O/c1-10(19)6-11-7-12(16)14(13(17)8-11)20-9-15(2-3-15)4-5-18/h7-8,10H,2-4,6,9,19H2,1H3. The number of benzene rings is 1. The molecule has 2 rings (SSSR count). The summed E-state index contributed by atoms with van der Waals surface area (Å²) < 4.78 is 7.78. The van der Waals surface area contributed by atoms with Crippen molar-refractivity contribution in [2.45, 2.75) is 38.6 Å². The molecule has 1 aliphatic carbocycles. The van der Waals surface area contributed by atoms with Crippen LogP contribution >= 0.6 is 31.9 Å². The van der Waals surface area contributed by atoms with E-state index in [1.165, 1.54) is 5.56 Å². The molecule has 0 aliphatic heterocycles. The molecule has 0 bridgehead atoms. The molecule has 1 fully saturated rings. The Morgan fingerprint density at radius 1 is 1.40 bits per heavy atom. The SMILES string of the molecule is CC(N)Cc1cc(Br)c(OCC2(CC#N)CC2)c(Br)c1. The van der Waals surface area contributed by atoms with Crippen LogP contribution in [0.15, 0.2) is 21.1 Å². The minimum Gasteiger partial charge on any atom is -0.491 e. The lowest BCUT2D eigenvalue weighted by atomic mass is 10.1. The minimum absolute atomic E-state index is 0.0814. The number of hydrogen-bond acceptors (Lipinski definition) is 3. The first-order valence-corrected chi connectivity index (χ1v) is 8.28. The van der Waals surface area contributed by atoms with Gasteiger partial charge < -0.3 is 10.5 Å². The van der Waals surface area contributed by atoms with E-state index in [1.54, 1.807) is 0 Å². The lowest BCUT2D eigenvalue weighted by Crippen LogP contribution is -2.18. The van der Waals surface area contributed by atoms with E-state index in [4.69, 9.17) is 15.7 Å². The van der Waals surface area contributed by atoms with E-state index in [1.807, 2.05) is 19.1 Å². The molecule has 0 radical (unpaired) electrons. The van der Waals surface area contributed by atoms with Crippen molar-refractivity contribution in [3.05, 3.63) is 26.6 Å². The fourth-order valence-electron chi connectivity index (χ4n) is 2.18. The van der Waals surface area contributed by atoms with Crippen molar-refractivity contribution in [1.29, 1.82) is 5.26 Å². The second-order valence-electron chi connectivity index (χ2n) is 5.69. The average Bonchev–Trinajstić information content (AvgIpc) is 3.07. The first-order chi connectivity index (χ1) is 9.46. The van der Waals surface area contributed by atoms with Gasteiger partial charge in [-0.2, -0.15) is 5.26 Å². The second-order valence-corrected chi connectivity index (χ2v) is 7.40. The van der Waals surface area contributed by atoms with Gasteiger partial charge in [0.1, 0.15) is 5.75 Å². The molecule has 0 saturated heterocycles. The van der Waals surface area contributed by atoms with Gasteiger partial charge in [0, 0.05) is 17.9 Å². The van der Waals surface area contributed by atoms with Gasteiger partial charge in [-0.3, -0.25) is 0 Å². The maximum Gasteiger partial charge on any atom is 0.147 e. The maximum atomic E-state index is 8.83. The van der Waals surface area contributed by atoms with Crippen molar-refractivity contribution >= 4 is 31.9 Å². The maximum absolute atomic E-state index is 8.83. The topological polar surface area (TPSA) is 59.0 Å². The molecule has 20 heavy (non-hydrogen) atoms. The third-order valence-corrected chi connectivity index (χ3v) is 4.73. The smallest absolute Gasteiger partial charge is 0.147 e. The average molecular weight is 402 g/mol. The van der Waals surface area contributed by atoms with Gasteiger partial charge in [0.2, 0.25) is 0 Å². The Morgan fingerprint density at radius 3 is 2.45 bits per heavy atom. The monoisotopic (exact) mass is 400 g/mol. The number of hydrogen-bond donors (Lipinski definition) is 1. The summed E-state index contributed by atoms with van der Waals surface area (Å²) in [5, 5.41) is 8.83.